The molecule has 2 heteroatoms. The third-order valence-electron chi connectivity index (χ3n) is 6.53. The first-order chi connectivity index (χ1) is 11.8. The molecule has 10 radical (unpaired) electrons. The predicted molar refractivity (Wildman–Crippen MR) is 94.5 cm³/mol. The zero-order valence-electron chi connectivity index (χ0n) is 14.7. The van der Waals surface area contributed by atoms with Gasteiger partial charge in [0.1, 0.15) is 5.94 Å². The van der Waals surface area contributed by atoms with Crippen LogP contribution < -0.4 is 0 Å². The molecular weight excluding hydrogens is 348 g/mol. The van der Waals surface area contributed by atoms with Crippen LogP contribution in [-0.2, 0) is 21.9 Å². The number of allylic oxidation sites excluding steroid dienone is 1. The van der Waals surface area contributed by atoms with E-state index in [1.54, 1.807) is 23.7 Å². The Morgan fingerprint density at radius 2 is 1.12 bits per heavy atom. The van der Waals surface area contributed by atoms with Gasteiger partial charge in [0.15, 0.2) is 0 Å². The van der Waals surface area contributed by atoms with Gasteiger partial charge in [-0.2, -0.15) is 0 Å². The molecule has 0 spiro atoms. The molecule has 5 saturated carbocycles. The van der Waals surface area contributed by atoms with Crippen molar-refractivity contribution in [3.05, 3.63) is 65.8 Å². The first-order valence-electron chi connectivity index (χ1n) is 9.69. The smallest absolute Gasteiger partial charge is 0.124 e. The zero-order valence-corrected chi connectivity index (χ0v) is 15.8. The summed E-state index contributed by atoms with van der Waals surface area (Å²) in [6.07, 6.45) is 17.6. The molecule has 0 unspecified atom stereocenters. The van der Waals surface area contributed by atoms with Crippen molar-refractivity contribution in [1.29, 1.82) is 0 Å². The van der Waals surface area contributed by atoms with Gasteiger partial charge in [0.05, 0.1) is 0 Å². The van der Waals surface area contributed by atoms with Crippen LogP contribution in [0.25, 0.3) is 0 Å². The van der Waals surface area contributed by atoms with Crippen LogP contribution in [0.15, 0.2) is 5.57 Å². The second-order valence-corrected chi connectivity index (χ2v) is 7.84. The quantitative estimate of drug-likeness (QED) is 0.427. The van der Waals surface area contributed by atoms with Gasteiger partial charge in [-0.05, 0) is 106 Å². The van der Waals surface area contributed by atoms with Gasteiger partial charge in [0, 0.05) is 28.6 Å². The molecular formula is C23H24FeO. The van der Waals surface area contributed by atoms with E-state index in [0.717, 1.165) is 31.3 Å². The molecule has 5 fully saturated rings. The van der Waals surface area contributed by atoms with Crippen LogP contribution in [0.4, 0.5) is 0 Å². The predicted octanol–water partition coefficient (Wildman–Crippen LogP) is 5.11. The van der Waals surface area contributed by atoms with E-state index in [1.807, 2.05) is 0 Å². The number of carbonyl (C=O) groups excluding carboxylic acids is 1. The number of rotatable bonds is 0. The summed E-state index contributed by atoms with van der Waals surface area (Å²) in [5, 5.41) is 0. The van der Waals surface area contributed by atoms with E-state index in [0.29, 0.717) is 0 Å². The van der Waals surface area contributed by atoms with Crippen molar-refractivity contribution in [3.63, 3.8) is 0 Å². The normalized spacial score (nSPS) is 31.4. The molecule has 5 rings (SSSR count). The van der Waals surface area contributed by atoms with E-state index in [2.05, 4.69) is 18.8 Å². The SMILES string of the molecule is O=C=C1CC[C]2[C]3[CH][C]4CCC[C]5[CH][C](CCC3)[C]1[C]5CCC[C]42.[Fe]. The number of hydrogen-bond donors (Lipinski definition) is 0. The molecule has 25 heavy (non-hydrogen) atoms. The second kappa shape index (κ2) is 7.53. The minimum Gasteiger partial charge on any atom is -0.234 e. The van der Waals surface area contributed by atoms with Crippen molar-refractivity contribution in [1.82, 2.24) is 0 Å². The summed E-state index contributed by atoms with van der Waals surface area (Å²) in [6, 6.07) is 0. The van der Waals surface area contributed by atoms with Crippen molar-refractivity contribution < 1.29 is 21.9 Å². The van der Waals surface area contributed by atoms with E-state index < -0.39 is 0 Å². The topological polar surface area (TPSA) is 17.1 Å². The summed E-state index contributed by atoms with van der Waals surface area (Å²) >= 11 is 0. The van der Waals surface area contributed by atoms with Gasteiger partial charge >= 0.3 is 0 Å². The molecule has 5 aliphatic rings. The third kappa shape index (κ3) is 3.11. The molecule has 0 atom stereocenters. The summed E-state index contributed by atoms with van der Waals surface area (Å²) in [7, 11) is 0. The van der Waals surface area contributed by atoms with Crippen LogP contribution in [0, 0.1) is 60.2 Å². The molecule has 0 aromatic heterocycles. The van der Waals surface area contributed by atoms with Crippen LogP contribution >= 0.6 is 0 Å². The first-order valence-corrected chi connectivity index (χ1v) is 9.69. The van der Waals surface area contributed by atoms with Gasteiger partial charge in [0.2, 0.25) is 0 Å². The molecule has 1 nitrogen and oxygen atoms in total. The summed E-state index contributed by atoms with van der Waals surface area (Å²) in [5.74, 6) is 14.6. The fourth-order valence-electron chi connectivity index (χ4n) is 5.50. The Morgan fingerprint density at radius 1 is 0.600 bits per heavy atom. The zero-order chi connectivity index (χ0) is 16.1. The van der Waals surface area contributed by atoms with Crippen LogP contribution in [-0.4, -0.2) is 5.94 Å². The van der Waals surface area contributed by atoms with Gasteiger partial charge in [-0.1, -0.05) is 19.3 Å². The summed E-state index contributed by atoms with van der Waals surface area (Å²) in [5.41, 5.74) is 0.954. The molecule has 0 aromatic carbocycles. The standard InChI is InChI=1S/C23H24O.Fe/c24-14-19-10-11-21-16-5-2-7-18-13-17-6-1-4-15(12-16)20(21)8-3-9-22(17)23(18)19;/h12-13H,1-11H2;. The maximum absolute atomic E-state index is 11.8. The first kappa shape index (κ1) is 18.3. The van der Waals surface area contributed by atoms with Crippen LogP contribution in [0.2, 0.25) is 0 Å². The molecule has 0 aromatic rings. The van der Waals surface area contributed by atoms with Gasteiger partial charge < -0.3 is 0 Å². The van der Waals surface area contributed by atoms with Crippen molar-refractivity contribution in [2.45, 2.75) is 70.6 Å². The fraction of sp³-hybridized carbons (Fsp3) is 0.478. The monoisotopic (exact) mass is 372 g/mol. The Hall–Kier alpha value is -0.0305. The van der Waals surface area contributed by atoms with Gasteiger partial charge in [-0.15, -0.1) is 0 Å². The van der Waals surface area contributed by atoms with E-state index >= 15 is 0 Å². The molecule has 0 heterocycles. The summed E-state index contributed by atoms with van der Waals surface area (Å²) < 4.78 is 0. The Labute approximate surface area is 164 Å². The molecule has 5 aliphatic carbocycles. The largest absolute Gasteiger partial charge is 0.234 e. The van der Waals surface area contributed by atoms with E-state index in [-0.39, 0.29) is 17.1 Å². The van der Waals surface area contributed by atoms with E-state index in [9.17, 15) is 4.79 Å². The summed E-state index contributed by atoms with van der Waals surface area (Å²) in [6.45, 7) is 0. The minimum atomic E-state index is 0. The number of fused-ring (bicyclic) bond motifs is 4. The third-order valence-corrected chi connectivity index (χ3v) is 6.53. The average molecular weight is 372 g/mol. The van der Waals surface area contributed by atoms with Crippen molar-refractivity contribution in [2.75, 3.05) is 0 Å². The molecule has 130 valence electrons. The van der Waals surface area contributed by atoms with Crippen LogP contribution in [0.3, 0.4) is 0 Å². The van der Waals surface area contributed by atoms with Crippen molar-refractivity contribution >= 4 is 5.94 Å². The van der Waals surface area contributed by atoms with E-state index in [1.165, 1.54) is 68.6 Å². The fourth-order valence-corrected chi connectivity index (χ4v) is 5.50. The maximum Gasteiger partial charge on any atom is 0.124 e. The summed E-state index contributed by atoms with van der Waals surface area (Å²) in [4.78, 5) is 11.8. The van der Waals surface area contributed by atoms with Crippen molar-refractivity contribution in [2.24, 2.45) is 0 Å². The Morgan fingerprint density at radius 3 is 1.84 bits per heavy atom. The molecule has 0 saturated heterocycles. The maximum atomic E-state index is 11.8. The van der Waals surface area contributed by atoms with Crippen molar-refractivity contribution in [3.8, 4) is 0 Å². The van der Waals surface area contributed by atoms with E-state index in [4.69, 9.17) is 0 Å². The number of hydrogen-bond acceptors (Lipinski definition) is 1. The molecule has 4 bridgehead atoms. The molecule has 0 aliphatic heterocycles. The van der Waals surface area contributed by atoms with Gasteiger partial charge in [-0.3, -0.25) is 0 Å². The average Bonchev–Trinajstić information content (AvgIpc) is 3.11. The second-order valence-electron chi connectivity index (χ2n) is 7.84. The molecule has 0 N–H and O–H groups in total. The van der Waals surface area contributed by atoms with Gasteiger partial charge in [0.25, 0.3) is 0 Å². The Kier molecular flexibility index (Phi) is 5.53. The van der Waals surface area contributed by atoms with Gasteiger partial charge in [-0.25, -0.2) is 4.79 Å². The van der Waals surface area contributed by atoms with Crippen LogP contribution in [0.1, 0.15) is 70.6 Å². The van der Waals surface area contributed by atoms with Crippen LogP contribution in [0.5, 0.6) is 0 Å². The Balaban J connectivity index is 0.00000157. The minimum absolute atomic E-state index is 0. The Bertz CT molecular complexity index is 536. The molecule has 0 amide bonds.